The van der Waals surface area contributed by atoms with Crippen molar-refractivity contribution in [3.8, 4) is 28.8 Å². The van der Waals surface area contributed by atoms with E-state index in [9.17, 15) is 4.39 Å². The normalized spacial score (nSPS) is 14.3. The van der Waals surface area contributed by atoms with E-state index in [0.717, 1.165) is 44.5 Å². The van der Waals surface area contributed by atoms with Gasteiger partial charge in [0.15, 0.2) is 11.5 Å². The predicted octanol–water partition coefficient (Wildman–Crippen LogP) is 6.38. The minimum atomic E-state index is -0.307. The lowest BCUT2D eigenvalue weighted by Crippen LogP contribution is -2.15. The summed E-state index contributed by atoms with van der Waals surface area (Å²) < 4.78 is 26.9. The van der Waals surface area contributed by atoms with Crippen LogP contribution in [0.25, 0.3) is 27.8 Å². The maximum Gasteiger partial charge on any atom is 0.228 e. The van der Waals surface area contributed by atoms with Gasteiger partial charge in [-0.2, -0.15) is 0 Å². The summed E-state index contributed by atoms with van der Waals surface area (Å²) in [5.41, 5.74) is 4.29. The minimum absolute atomic E-state index is 0.206. The number of halogens is 1. The molecule has 0 N–H and O–H groups in total. The first kappa shape index (κ1) is 20.6. The SMILES string of the molecule is COc1ccc([C@@H]2c3c(ccc4ccccc34)Oc3ncn4nc(-c5ccc(F)cc5)nc4c32)cc1. The smallest absolute Gasteiger partial charge is 0.228 e. The highest BCUT2D eigenvalue weighted by atomic mass is 19.1. The van der Waals surface area contributed by atoms with Gasteiger partial charge in [0, 0.05) is 17.0 Å². The van der Waals surface area contributed by atoms with E-state index in [1.165, 1.54) is 12.1 Å². The summed E-state index contributed by atoms with van der Waals surface area (Å²) in [6, 6.07) is 26.5. The highest BCUT2D eigenvalue weighted by Gasteiger charge is 2.34. The van der Waals surface area contributed by atoms with E-state index in [1.807, 2.05) is 30.3 Å². The number of fused-ring (bicyclic) bond motifs is 6. The van der Waals surface area contributed by atoms with Crippen LogP contribution in [0.4, 0.5) is 4.39 Å². The van der Waals surface area contributed by atoms with E-state index >= 15 is 0 Å². The Labute approximate surface area is 205 Å². The van der Waals surface area contributed by atoms with Gasteiger partial charge in [0.25, 0.3) is 0 Å². The number of nitrogens with zero attached hydrogens (tertiary/aromatic N) is 4. The maximum atomic E-state index is 13.5. The van der Waals surface area contributed by atoms with Gasteiger partial charge >= 0.3 is 0 Å². The summed E-state index contributed by atoms with van der Waals surface area (Å²) in [5.74, 6) is 2.01. The molecule has 0 unspecified atom stereocenters. The van der Waals surface area contributed by atoms with Crippen LogP contribution in [0.2, 0.25) is 0 Å². The quantitative estimate of drug-likeness (QED) is 0.297. The molecular formula is C29H19FN4O2. The summed E-state index contributed by atoms with van der Waals surface area (Å²) in [6.07, 6.45) is 1.60. The molecule has 0 bridgehead atoms. The molecule has 7 rings (SSSR count). The molecule has 36 heavy (non-hydrogen) atoms. The fourth-order valence-corrected chi connectivity index (χ4v) is 4.96. The molecule has 0 radical (unpaired) electrons. The highest BCUT2D eigenvalue weighted by Crippen LogP contribution is 2.50. The molecule has 0 saturated heterocycles. The summed E-state index contributed by atoms with van der Waals surface area (Å²) >= 11 is 0. The lowest BCUT2D eigenvalue weighted by molar-refractivity contribution is 0.414. The molecule has 0 amide bonds. The Hall–Kier alpha value is -4.78. The van der Waals surface area contributed by atoms with Crippen LogP contribution in [0.5, 0.6) is 17.4 Å². The van der Waals surface area contributed by atoms with Gasteiger partial charge in [-0.3, -0.25) is 0 Å². The molecular weight excluding hydrogens is 455 g/mol. The van der Waals surface area contributed by atoms with Crippen molar-refractivity contribution in [3.63, 3.8) is 0 Å². The maximum absolute atomic E-state index is 13.5. The Balaban J connectivity index is 1.51. The first-order chi connectivity index (χ1) is 17.7. The molecule has 1 atom stereocenters. The third kappa shape index (κ3) is 3.13. The molecule has 7 heteroatoms. The second-order valence-electron chi connectivity index (χ2n) is 8.68. The van der Waals surface area contributed by atoms with Crippen LogP contribution >= 0.6 is 0 Å². The molecule has 4 aromatic carbocycles. The number of ether oxygens (including phenoxy) is 2. The zero-order chi connectivity index (χ0) is 24.2. The molecule has 1 aliphatic heterocycles. The largest absolute Gasteiger partial charge is 0.497 e. The van der Waals surface area contributed by atoms with Crippen molar-refractivity contribution in [1.82, 2.24) is 19.6 Å². The van der Waals surface area contributed by atoms with Gasteiger partial charge in [-0.15, -0.1) is 5.10 Å². The molecule has 174 valence electrons. The monoisotopic (exact) mass is 474 g/mol. The average molecular weight is 474 g/mol. The van der Waals surface area contributed by atoms with Crippen molar-refractivity contribution in [2.75, 3.05) is 7.11 Å². The number of hydrogen-bond donors (Lipinski definition) is 0. The van der Waals surface area contributed by atoms with Crippen LogP contribution in [0, 0.1) is 5.82 Å². The van der Waals surface area contributed by atoms with Gasteiger partial charge in [-0.05, 0) is 58.8 Å². The van der Waals surface area contributed by atoms with E-state index in [0.29, 0.717) is 17.4 Å². The van der Waals surface area contributed by atoms with Crippen molar-refractivity contribution in [2.24, 2.45) is 0 Å². The highest BCUT2D eigenvalue weighted by molar-refractivity contribution is 5.91. The first-order valence-corrected chi connectivity index (χ1v) is 11.5. The van der Waals surface area contributed by atoms with Gasteiger partial charge in [0.2, 0.25) is 5.88 Å². The predicted molar refractivity (Wildman–Crippen MR) is 134 cm³/mol. The van der Waals surface area contributed by atoms with Crippen molar-refractivity contribution in [3.05, 3.63) is 114 Å². The summed E-state index contributed by atoms with van der Waals surface area (Å²) in [7, 11) is 1.65. The number of hydrogen-bond acceptors (Lipinski definition) is 5. The van der Waals surface area contributed by atoms with Crippen LogP contribution in [-0.4, -0.2) is 26.7 Å². The van der Waals surface area contributed by atoms with Crippen LogP contribution < -0.4 is 9.47 Å². The molecule has 1 aliphatic rings. The molecule has 2 aromatic heterocycles. The van der Waals surface area contributed by atoms with Crippen molar-refractivity contribution >= 4 is 16.4 Å². The number of benzene rings is 4. The number of aromatic nitrogens is 4. The van der Waals surface area contributed by atoms with E-state index in [-0.39, 0.29) is 11.7 Å². The third-order valence-corrected chi connectivity index (χ3v) is 6.65. The van der Waals surface area contributed by atoms with E-state index in [4.69, 9.17) is 14.5 Å². The van der Waals surface area contributed by atoms with E-state index in [2.05, 4.69) is 40.4 Å². The number of rotatable bonds is 3. The summed E-state index contributed by atoms with van der Waals surface area (Å²) in [4.78, 5) is 9.48. The molecule has 0 aliphatic carbocycles. The van der Waals surface area contributed by atoms with Gasteiger partial charge in [0.05, 0.1) is 12.7 Å². The molecule has 3 heterocycles. The van der Waals surface area contributed by atoms with Gasteiger partial charge in [-0.1, -0.05) is 42.5 Å². The van der Waals surface area contributed by atoms with Crippen molar-refractivity contribution in [2.45, 2.75) is 5.92 Å². The molecule has 6 nitrogen and oxygen atoms in total. The molecule has 0 saturated carbocycles. The summed E-state index contributed by atoms with van der Waals surface area (Å²) in [6.45, 7) is 0. The minimum Gasteiger partial charge on any atom is -0.497 e. The Morgan fingerprint density at radius 1 is 0.889 bits per heavy atom. The van der Waals surface area contributed by atoms with E-state index in [1.54, 1.807) is 30.1 Å². The fraction of sp³-hybridized carbons (Fsp3) is 0.0690. The van der Waals surface area contributed by atoms with Crippen molar-refractivity contribution < 1.29 is 13.9 Å². The van der Waals surface area contributed by atoms with Crippen LogP contribution in [0.15, 0.2) is 91.3 Å². The molecule has 0 fully saturated rings. The topological polar surface area (TPSA) is 61.5 Å². The molecule has 0 spiro atoms. The Morgan fingerprint density at radius 2 is 1.69 bits per heavy atom. The molecule has 6 aromatic rings. The average Bonchev–Trinajstić information content (AvgIpc) is 3.37. The van der Waals surface area contributed by atoms with E-state index < -0.39 is 0 Å². The van der Waals surface area contributed by atoms with Gasteiger partial charge < -0.3 is 9.47 Å². The van der Waals surface area contributed by atoms with Crippen LogP contribution in [0.1, 0.15) is 22.6 Å². The zero-order valence-electron chi connectivity index (χ0n) is 19.2. The fourth-order valence-electron chi connectivity index (χ4n) is 4.96. The lowest BCUT2D eigenvalue weighted by Gasteiger charge is -2.29. The first-order valence-electron chi connectivity index (χ1n) is 11.5. The standard InChI is InChI=1S/C29H19FN4O2/c1-35-21-13-8-18(9-14-21)24-25-22-5-3-2-4-17(22)10-15-23(25)36-29-26(24)28-32-27(33-34(28)16-31-29)19-6-11-20(30)12-7-19/h2-16,24H,1H3/t24-/m1/s1. The van der Waals surface area contributed by atoms with Crippen LogP contribution in [-0.2, 0) is 0 Å². The summed E-state index contributed by atoms with van der Waals surface area (Å²) in [5, 5.41) is 6.86. The number of methoxy groups -OCH3 is 1. The van der Waals surface area contributed by atoms with Crippen LogP contribution in [0.3, 0.4) is 0 Å². The second kappa shape index (κ2) is 7.88. The zero-order valence-corrected chi connectivity index (χ0v) is 19.2. The Kier molecular flexibility index (Phi) is 4.51. The van der Waals surface area contributed by atoms with Crippen molar-refractivity contribution in [1.29, 1.82) is 0 Å². The second-order valence-corrected chi connectivity index (χ2v) is 8.68. The third-order valence-electron chi connectivity index (χ3n) is 6.65. The van der Waals surface area contributed by atoms with Gasteiger partial charge in [-0.25, -0.2) is 18.9 Å². The Bertz CT molecular complexity index is 1760. The van der Waals surface area contributed by atoms with Gasteiger partial charge in [0.1, 0.15) is 23.6 Å². The Morgan fingerprint density at radius 3 is 2.50 bits per heavy atom. The lowest BCUT2D eigenvalue weighted by atomic mass is 9.81.